The van der Waals surface area contributed by atoms with Gasteiger partial charge in [-0.15, -0.1) is 0 Å². The SMILES string of the molecule is Cc1cc(C)n(-c2ccc(Cl)c(C(=O)NN3[C@@H](C)CCC[C@@H]3C)n2)n1. The van der Waals surface area contributed by atoms with Crippen molar-refractivity contribution in [2.75, 3.05) is 0 Å². The van der Waals surface area contributed by atoms with Gasteiger partial charge in [-0.25, -0.2) is 14.7 Å². The second-order valence-corrected chi connectivity index (χ2v) is 7.22. The number of hydrogen-bond acceptors (Lipinski definition) is 4. The van der Waals surface area contributed by atoms with Gasteiger partial charge in [0.25, 0.3) is 5.91 Å². The van der Waals surface area contributed by atoms with Crippen LogP contribution in [0.3, 0.4) is 0 Å². The molecule has 1 aliphatic rings. The summed E-state index contributed by atoms with van der Waals surface area (Å²) in [5, 5.41) is 6.77. The fourth-order valence-electron chi connectivity index (χ4n) is 3.38. The van der Waals surface area contributed by atoms with Crippen LogP contribution in [0.5, 0.6) is 0 Å². The number of pyridine rings is 1. The summed E-state index contributed by atoms with van der Waals surface area (Å²) in [4.78, 5) is 17.2. The number of carbonyl (C=O) groups excluding carboxylic acids is 1. The van der Waals surface area contributed by atoms with E-state index >= 15 is 0 Å². The predicted molar refractivity (Wildman–Crippen MR) is 97.9 cm³/mol. The third-order valence-electron chi connectivity index (χ3n) is 4.70. The van der Waals surface area contributed by atoms with Gasteiger partial charge in [-0.1, -0.05) is 18.0 Å². The number of aryl methyl sites for hydroxylation is 2. The topological polar surface area (TPSA) is 63.1 Å². The molecule has 0 radical (unpaired) electrons. The van der Waals surface area contributed by atoms with Gasteiger partial charge in [0.1, 0.15) is 0 Å². The molecule has 0 spiro atoms. The molecule has 0 aromatic carbocycles. The number of amides is 1. The minimum Gasteiger partial charge on any atom is -0.283 e. The molecule has 1 fully saturated rings. The largest absolute Gasteiger partial charge is 0.285 e. The summed E-state index contributed by atoms with van der Waals surface area (Å²) in [6.45, 7) is 8.12. The molecule has 1 amide bonds. The minimum absolute atomic E-state index is 0.219. The van der Waals surface area contributed by atoms with Crippen LogP contribution in [0, 0.1) is 13.8 Å². The zero-order valence-electron chi connectivity index (χ0n) is 15.1. The van der Waals surface area contributed by atoms with Crippen LogP contribution in [0.15, 0.2) is 18.2 Å². The molecule has 25 heavy (non-hydrogen) atoms. The highest BCUT2D eigenvalue weighted by molar-refractivity contribution is 6.33. The Bertz CT molecular complexity index is 778. The maximum absolute atomic E-state index is 12.8. The van der Waals surface area contributed by atoms with E-state index in [-0.39, 0.29) is 11.6 Å². The molecule has 1 aliphatic heterocycles. The average molecular weight is 362 g/mol. The third kappa shape index (κ3) is 3.70. The Morgan fingerprint density at radius 1 is 1.24 bits per heavy atom. The number of nitrogens with zero attached hydrogens (tertiary/aromatic N) is 4. The van der Waals surface area contributed by atoms with Gasteiger partial charge in [0, 0.05) is 17.8 Å². The van der Waals surface area contributed by atoms with Crippen LogP contribution < -0.4 is 5.43 Å². The third-order valence-corrected chi connectivity index (χ3v) is 5.00. The molecule has 2 aromatic rings. The molecule has 0 saturated carbocycles. The zero-order chi connectivity index (χ0) is 18.1. The van der Waals surface area contributed by atoms with Crippen molar-refractivity contribution in [1.29, 1.82) is 0 Å². The molecule has 2 aromatic heterocycles. The maximum Gasteiger partial charge on any atom is 0.285 e. The number of hydrogen-bond donors (Lipinski definition) is 1. The summed E-state index contributed by atoms with van der Waals surface area (Å²) in [7, 11) is 0. The molecule has 1 saturated heterocycles. The first kappa shape index (κ1) is 17.9. The number of rotatable bonds is 3. The lowest BCUT2D eigenvalue weighted by Gasteiger charge is -2.38. The number of hydrazine groups is 1. The molecule has 3 rings (SSSR count). The molecule has 2 atom stereocenters. The van der Waals surface area contributed by atoms with Gasteiger partial charge in [-0.3, -0.25) is 10.2 Å². The molecule has 134 valence electrons. The summed E-state index contributed by atoms with van der Waals surface area (Å²) < 4.78 is 1.72. The highest BCUT2D eigenvalue weighted by Crippen LogP contribution is 2.22. The molecular formula is C18H24ClN5O. The molecule has 3 heterocycles. The van der Waals surface area contributed by atoms with Crippen LogP contribution in [0.1, 0.15) is 55.0 Å². The summed E-state index contributed by atoms with van der Waals surface area (Å²) in [6.07, 6.45) is 3.32. The van der Waals surface area contributed by atoms with Gasteiger partial charge in [-0.2, -0.15) is 5.10 Å². The number of aromatic nitrogens is 3. The standard InChI is InChI=1S/C18H24ClN5O/c1-11-10-14(4)24(21-11)16-9-8-15(19)17(20-16)18(25)22-23-12(2)6-5-7-13(23)3/h8-10,12-13H,5-7H2,1-4H3,(H,22,25)/t12-,13-/m0/s1. The number of halogens is 1. The Labute approximate surface area is 153 Å². The van der Waals surface area contributed by atoms with Crippen LogP contribution >= 0.6 is 11.6 Å². The van der Waals surface area contributed by atoms with E-state index in [1.165, 1.54) is 6.42 Å². The summed E-state index contributed by atoms with van der Waals surface area (Å²) in [5.74, 6) is 0.300. The molecule has 6 nitrogen and oxygen atoms in total. The van der Waals surface area contributed by atoms with Crippen LogP contribution in [0.2, 0.25) is 5.02 Å². The summed E-state index contributed by atoms with van der Waals surface area (Å²) in [6, 6.07) is 6.02. The van der Waals surface area contributed by atoms with Gasteiger partial charge >= 0.3 is 0 Å². The van der Waals surface area contributed by atoms with E-state index in [1.807, 2.05) is 24.9 Å². The first-order chi connectivity index (χ1) is 11.9. The van der Waals surface area contributed by atoms with Gasteiger partial charge in [0.05, 0.1) is 10.7 Å². The van der Waals surface area contributed by atoms with E-state index in [9.17, 15) is 4.79 Å². The zero-order valence-corrected chi connectivity index (χ0v) is 15.8. The molecule has 1 N–H and O–H groups in total. The van der Waals surface area contributed by atoms with Crippen molar-refractivity contribution in [3.05, 3.63) is 40.3 Å². The number of carbonyl (C=O) groups is 1. The molecule has 0 unspecified atom stereocenters. The smallest absolute Gasteiger partial charge is 0.283 e. The second-order valence-electron chi connectivity index (χ2n) is 6.82. The fourth-order valence-corrected chi connectivity index (χ4v) is 3.57. The van der Waals surface area contributed by atoms with Crippen LogP contribution in [-0.2, 0) is 0 Å². The van der Waals surface area contributed by atoms with E-state index in [0.717, 1.165) is 24.2 Å². The van der Waals surface area contributed by atoms with E-state index < -0.39 is 0 Å². The lowest BCUT2D eigenvalue weighted by Crippen LogP contribution is -2.54. The van der Waals surface area contributed by atoms with Gasteiger partial charge in [0.2, 0.25) is 0 Å². The van der Waals surface area contributed by atoms with Crippen molar-refractivity contribution >= 4 is 17.5 Å². The Kier molecular flexibility index (Phi) is 5.11. The number of nitrogens with one attached hydrogen (secondary N) is 1. The Hall–Kier alpha value is -1.92. The van der Waals surface area contributed by atoms with Crippen molar-refractivity contribution in [3.8, 4) is 5.82 Å². The lowest BCUT2D eigenvalue weighted by molar-refractivity contribution is 0.0366. The van der Waals surface area contributed by atoms with Crippen molar-refractivity contribution in [3.63, 3.8) is 0 Å². The molecular weight excluding hydrogens is 338 g/mol. The lowest BCUT2D eigenvalue weighted by atomic mass is 10.00. The van der Waals surface area contributed by atoms with E-state index in [4.69, 9.17) is 11.6 Å². The first-order valence-corrected chi connectivity index (χ1v) is 9.04. The Morgan fingerprint density at radius 2 is 1.92 bits per heavy atom. The summed E-state index contributed by atoms with van der Waals surface area (Å²) in [5.41, 5.74) is 5.07. The van der Waals surface area contributed by atoms with Crippen LogP contribution in [0.4, 0.5) is 0 Å². The molecule has 7 heteroatoms. The van der Waals surface area contributed by atoms with E-state index in [1.54, 1.807) is 16.8 Å². The fraction of sp³-hybridized carbons (Fsp3) is 0.500. The quantitative estimate of drug-likeness (QED) is 0.909. The normalized spacial score (nSPS) is 21.3. The van der Waals surface area contributed by atoms with Crippen LogP contribution in [-0.4, -0.2) is 37.8 Å². The predicted octanol–water partition coefficient (Wildman–Crippen LogP) is 3.45. The Morgan fingerprint density at radius 3 is 2.52 bits per heavy atom. The van der Waals surface area contributed by atoms with Crippen molar-refractivity contribution in [2.45, 2.75) is 59.0 Å². The highest BCUT2D eigenvalue weighted by atomic mass is 35.5. The average Bonchev–Trinajstić information content (AvgIpc) is 2.90. The Balaban J connectivity index is 1.87. The van der Waals surface area contributed by atoms with Crippen molar-refractivity contribution in [2.24, 2.45) is 0 Å². The van der Waals surface area contributed by atoms with Crippen molar-refractivity contribution in [1.82, 2.24) is 25.2 Å². The molecule has 0 bridgehead atoms. The summed E-state index contributed by atoms with van der Waals surface area (Å²) >= 11 is 6.24. The van der Waals surface area contributed by atoms with Crippen molar-refractivity contribution < 1.29 is 4.79 Å². The minimum atomic E-state index is -0.283. The highest BCUT2D eigenvalue weighted by Gasteiger charge is 2.27. The molecule has 0 aliphatic carbocycles. The number of piperidine rings is 1. The van der Waals surface area contributed by atoms with Gasteiger partial charge < -0.3 is 0 Å². The van der Waals surface area contributed by atoms with Gasteiger partial charge in [0.15, 0.2) is 11.5 Å². The second kappa shape index (κ2) is 7.14. The first-order valence-electron chi connectivity index (χ1n) is 8.66. The maximum atomic E-state index is 12.8. The van der Waals surface area contributed by atoms with Gasteiger partial charge in [-0.05, 0) is 58.7 Å². The van der Waals surface area contributed by atoms with E-state index in [0.29, 0.717) is 22.9 Å². The van der Waals surface area contributed by atoms with E-state index in [2.05, 4.69) is 29.4 Å². The monoisotopic (exact) mass is 361 g/mol. The van der Waals surface area contributed by atoms with Crippen LogP contribution in [0.25, 0.3) is 5.82 Å².